The van der Waals surface area contributed by atoms with Gasteiger partial charge in [0.1, 0.15) is 0 Å². The molecule has 0 radical (unpaired) electrons. The van der Waals surface area contributed by atoms with Crippen LogP contribution in [-0.4, -0.2) is 41.8 Å². The minimum Gasteiger partial charge on any atom is -0.344 e. The van der Waals surface area contributed by atoms with Gasteiger partial charge >= 0.3 is 0 Å². The molecule has 2 rings (SSSR count). The molecule has 0 saturated carbocycles. The first-order valence-electron chi connectivity index (χ1n) is 3.37. The molecule has 10 heavy (non-hydrogen) atoms. The third kappa shape index (κ3) is 0.754. The first kappa shape index (κ1) is 6.49. The van der Waals surface area contributed by atoms with Gasteiger partial charge < -0.3 is 4.90 Å². The second-order valence-electron chi connectivity index (χ2n) is 3.33. The van der Waals surface area contributed by atoms with Crippen molar-refractivity contribution in [3.63, 3.8) is 0 Å². The maximum Gasteiger partial charge on any atom is 0.209 e. The van der Waals surface area contributed by atoms with Crippen molar-refractivity contribution in [1.82, 2.24) is 9.21 Å². The van der Waals surface area contributed by atoms with Crippen molar-refractivity contribution in [3.05, 3.63) is 0 Å². The van der Waals surface area contributed by atoms with Gasteiger partial charge in [-0.3, -0.25) is 9.10 Å². The first-order chi connectivity index (χ1) is 4.74. The Balaban J connectivity index is 1.85. The molecular formula is C6H10N2OS. The average molecular weight is 158 g/mol. The molecule has 2 saturated heterocycles. The van der Waals surface area contributed by atoms with Crippen LogP contribution in [0, 0.1) is 5.41 Å². The molecule has 1 spiro atoms. The Labute approximate surface area is 65.5 Å². The summed E-state index contributed by atoms with van der Waals surface area (Å²) in [6.45, 7) is 3.96. The van der Waals surface area contributed by atoms with E-state index in [0.717, 1.165) is 32.6 Å². The van der Waals surface area contributed by atoms with Gasteiger partial charge in [0.05, 0.1) is 0 Å². The molecule has 3 nitrogen and oxygen atoms in total. The second kappa shape index (κ2) is 1.89. The third-order valence-corrected chi connectivity index (χ3v) is 2.54. The molecule has 0 aliphatic carbocycles. The van der Waals surface area contributed by atoms with Gasteiger partial charge in [0.2, 0.25) is 6.41 Å². The van der Waals surface area contributed by atoms with E-state index >= 15 is 0 Å². The Morgan fingerprint density at radius 2 is 1.90 bits per heavy atom. The third-order valence-electron chi connectivity index (χ3n) is 2.26. The van der Waals surface area contributed by atoms with Crippen molar-refractivity contribution in [2.24, 2.45) is 5.41 Å². The number of amides is 1. The highest BCUT2D eigenvalue weighted by atomic mass is 32.1. The minimum absolute atomic E-state index is 0.433. The van der Waals surface area contributed by atoms with Crippen LogP contribution in [0.3, 0.4) is 0 Å². The molecular weight excluding hydrogens is 148 g/mol. The summed E-state index contributed by atoms with van der Waals surface area (Å²) in [5.74, 6) is 0. The van der Waals surface area contributed by atoms with Gasteiger partial charge in [0.15, 0.2) is 0 Å². The summed E-state index contributed by atoms with van der Waals surface area (Å²) in [4.78, 5) is 12.0. The highest BCUT2D eigenvalue weighted by Crippen LogP contribution is 2.39. The van der Waals surface area contributed by atoms with Crippen molar-refractivity contribution in [3.8, 4) is 0 Å². The summed E-state index contributed by atoms with van der Waals surface area (Å²) in [6.07, 6.45) is 0.923. The lowest BCUT2D eigenvalue weighted by molar-refractivity contribution is -0.137. The fraction of sp³-hybridized carbons (Fsp3) is 0.833. The van der Waals surface area contributed by atoms with Crippen molar-refractivity contribution in [1.29, 1.82) is 0 Å². The SMILES string of the molecule is O=CN1CC2(CN(S)C2)C1. The Morgan fingerprint density at radius 1 is 1.30 bits per heavy atom. The predicted molar refractivity (Wildman–Crippen MR) is 40.6 cm³/mol. The molecule has 2 aliphatic heterocycles. The quantitative estimate of drug-likeness (QED) is 0.415. The standard InChI is InChI=1S/C6H10N2OS/c9-5-7-1-6(2-7)3-8(10)4-6/h5,10H,1-4H2. The summed E-state index contributed by atoms with van der Waals surface area (Å²) >= 11 is 4.17. The van der Waals surface area contributed by atoms with Crippen LogP contribution in [0.1, 0.15) is 0 Å². The molecule has 0 aromatic rings. The Hall–Kier alpha value is -0.220. The number of carbonyl (C=O) groups excluding carboxylic acids is 1. The minimum atomic E-state index is 0.433. The van der Waals surface area contributed by atoms with Gasteiger partial charge in [-0.2, -0.15) is 0 Å². The highest BCUT2D eigenvalue weighted by molar-refractivity contribution is 7.77. The van der Waals surface area contributed by atoms with Gasteiger partial charge in [0, 0.05) is 31.6 Å². The summed E-state index contributed by atoms with van der Waals surface area (Å²) in [5.41, 5.74) is 0.433. The zero-order chi connectivity index (χ0) is 7.19. The van der Waals surface area contributed by atoms with Gasteiger partial charge in [-0.05, 0) is 0 Å². The number of likely N-dealkylation sites (tertiary alicyclic amines) is 1. The van der Waals surface area contributed by atoms with E-state index in [-0.39, 0.29) is 0 Å². The number of nitrogens with zero attached hydrogens (tertiary/aromatic N) is 2. The van der Waals surface area contributed by atoms with E-state index in [1.54, 1.807) is 4.90 Å². The Kier molecular flexibility index (Phi) is 1.22. The number of hydrogen-bond donors (Lipinski definition) is 1. The van der Waals surface area contributed by atoms with Crippen molar-refractivity contribution >= 4 is 19.2 Å². The van der Waals surface area contributed by atoms with E-state index in [2.05, 4.69) is 12.8 Å². The van der Waals surface area contributed by atoms with Gasteiger partial charge in [-0.1, -0.05) is 12.8 Å². The molecule has 0 aromatic heterocycles. The Bertz CT molecular complexity index is 159. The first-order valence-corrected chi connectivity index (χ1v) is 3.77. The molecule has 1 amide bonds. The zero-order valence-corrected chi connectivity index (χ0v) is 6.55. The lowest BCUT2D eigenvalue weighted by Gasteiger charge is -2.57. The largest absolute Gasteiger partial charge is 0.344 e. The molecule has 0 atom stereocenters. The normalized spacial score (nSPS) is 29.5. The fourth-order valence-corrected chi connectivity index (χ4v) is 2.42. The topological polar surface area (TPSA) is 23.6 Å². The molecule has 2 fully saturated rings. The molecule has 2 aliphatic rings. The number of carbonyl (C=O) groups is 1. The summed E-state index contributed by atoms with van der Waals surface area (Å²) < 4.78 is 1.99. The zero-order valence-electron chi connectivity index (χ0n) is 5.66. The van der Waals surface area contributed by atoms with Gasteiger partial charge in [-0.15, -0.1) is 0 Å². The monoisotopic (exact) mass is 158 g/mol. The van der Waals surface area contributed by atoms with Crippen LogP contribution in [0.15, 0.2) is 0 Å². The second-order valence-corrected chi connectivity index (χ2v) is 3.90. The van der Waals surface area contributed by atoms with Crippen molar-refractivity contribution in [2.75, 3.05) is 26.2 Å². The van der Waals surface area contributed by atoms with Crippen LogP contribution in [0.25, 0.3) is 0 Å². The van der Waals surface area contributed by atoms with Gasteiger partial charge in [-0.25, -0.2) is 0 Å². The lowest BCUT2D eigenvalue weighted by Crippen LogP contribution is -2.69. The average Bonchev–Trinajstić information content (AvgIpc) is 1.74. The molecule has 0 bridgehead atoms. The number of thiol groups is 1. The van der Waals surface area contributed by atoms with E-state index in [4.69, 9.17) is 0 Å². The lowest BCUT2D eigenvalue weighted by atomic mass is 9.75. The number of hydrogen-bond acceptors (Lipinski definition) is 3. The molecule has 0 N–H and O–H groups in total. The van der Waals surface area contributed by atoms with Crippen molar-refractivity contribution in [2.45, 2.75) is 0 Å². The van der Waals surface area contributed by atoms with E-state index in [0.29, 0.717) is 5.41 Å². The maximum absolute atomic E-state index is 10.2. The van der Waals surface area contributed by atoms with Crippen molar-refractivity contribution < 1.29 is 4.79 Å². The maximum atomic E-state index is 10.2. The molecule has 4 heteroatoms. The van der Waals surface area contributed by atoms with Crippen LogP contribution in [0.2, 0.25) is 0 Å². The summed E-state index contributed by atoms with van der Waals surface area (Å²) in [5, 5.41) is 0. The van der Waals surface area contributed by atoms with Crippen LogP contribution >= 0.6 is 12.8 Å². The van der Waals surface area contributed by atoms with E-state index < -0.39 is 0 Å². The van der Waals surface area contributed by atoms with Crippen LogP contribution in [0.4, 0.5) is 0 Å². The Morgan fingerprint density at radius 3 is 2.30 bits per heavy atom. The van der Waals surface area contributed by atoms with Crippen LogP contribution in [0.5, 0.6) is 0 Å². The predicted octanol–water partition coefficient (Wildman–Crippen LogP) is -0.395. The number of rotatable bonds is 1. The highest BCUT2D eigenvalue weighted by Gasteiger charge is 2.50. The van der Waals surface area contributed by atoms with E-state index in [1.165, 1.54) is 0 Å². The molecule has 56 valence electrons. The summed E-state index contributed by atoms with van der Waals surface area (Å²) in [6, 6.07) is 0. The molecule has 0 unspecified atom stereocenters. The molecule has 0 aromatic carbocycles. The van der Waals surface area contributed by atoms with Crippen LogP contribution < -0.4 is 0 Å². The van der Waals surface area contributed by atoms with Crippen LogP contribution in [-0.2, 0) is 4.79 Å². The summed E-state index contributed by atoms with van der Waals surface area (Å²) in [7, 11) is 0. The van der Waals surface area contributed by atoms with E-state index in [1.807, 2.05) is 4.31 Å². The van der Waals surface area contributed by atoms with E-state index in [9.17, 15) is 4.79 Å². The van der Waals surface area contributed by atoms with Gasteiger partial charge in [0.25, 0.3) is 0 Å². The smallest absolute Gasteiger partial charge is 0.209 e. The fourth-order valence-electron chi connectivity index (χ4n) is 1.82. The molecule has 2 heterocycles.